The van der Waals surface area contributed by atoms with Crippen molar-refractivity contribution in [2.24, 2.45) is 0 Å². The van der Waals surface area contributed by atoms with E-state index in [0.717, 1.165) is 89.3 Å². The number of fused-ring (bicyclic) bond motifs is 2. The summed E-state index contributed by atoms with van der Waals surface area (Å²) in [4.78, 5) is 40.6. The molecular weight excluding hydrogens is 815 g/mol. The maximum atomic E-state index is 12.9. The summed E-state index contributed by atoms with van der Waals surface area (Å²) in [5, 5.41) is 0. The molecule has 1 aromatic carbocycles. The zero-order chi connectivity index (χ0) is 47.0. The summed E-state index contributed by atoms with van der Waals surface area (Å²) in [6, 6.07) is 2.09. The Labute approximate surface area is 408 Å². The fraction of sp³-hybridized carbons (Fsp3) is 0.850. The highest BCUT2D eigenvalue weighted by Gasteiger charge is 2.26. The Morgan fingerprint density at radius 2 is 0.636 bits per heavy atom. The third-order valence-electron chi connectivity index (χ3n) is 14.8. The van der Waals surface area contributed by atoms with Gasteiger partial charge in [-0.15, -0.1) is 0 Å². The summed E-state index contributed by atoms with van der Waals surface area (Å²) in [6.45, 7) is 4.97. The second-order valence-corrected chi connectivity index (χ2v) is 21.1. The fourth-order valence-electron chi connectivity index (χ4n) is 10.9. The standard InChI is InChI=1S/C60H105NO5/c1-53(62)65-58-52-55-46-40-34-28-22-16-14-12-10-8-6-4-3-5-7-9-11-13-15-17-25-31-37-43-49-57(60(58)66-54(2)63)59(55)61-50-44-38-32-26-20-18-23-29-35-41-47-56(64)48-42-36-30-24-19-21-27-33-39-45-51-61/h52H,3-51H2,1-2H3. The number of Topliss-reactive ketones (excluding diaryl/α,β-unsaturated/α-hetero) is 1. The van der Waals surface area contributed by atoms with Gasteiger partial charge in [-0.3, -0.25) is 14.4 Å². The predicted molar refractivity (Wildman–Crippen MR) is 281 cm³/mol. The van der Waals surface area contributed by atoms with Crippen molar-refractivity contribution in [2.75, 3.05) is 18.0 Å². The predicted octanol–water partition coefficient (Wildman–Crippen LogP) is 18.6. The number of carbonyl (C=O) groups is 3. The van der Waals surface area contributed by atoms with E-state index in [0.29, 0.717) is 17.3 Å². The molecule has 6 nitrogen and oxygen atoms in total. The van der Waals surface area contributed by atoms with Crippen molar-refractivity contribution in [3.05, 3.63) is 17.2 Å². The average Bonchev–Trinajstić information content (AvgIpc) is 3.29. The lowest BCUT2D eigenvalue weighted by molar-refractivity contribution is -0.134. The zero-order valence-electron chi connectivity index (χ0n) is 43.7. The monoisotopic (exact) mass is 920 g/mol. The van der Waals surface area contributed by atoms with Crippen LogP contribution < -0.4 is 14.4 Å². The molecule has 1 aliphatic heterocycles. The fourth-order valence-corrected chi connectivity index (χ4v) is 10.9. The lowest BCUT2D eigenvalue weighted by Crippen LogP contribution is -2.29. The van der Waals surface area contributed by atoms with Crippen LogP contribution in [0.4, 0.5) is 5.69 Å². The lowest BCUT2D eigenvalue weighted by atomic mass is 9.94. The molecule has 0 saturated carbocycles. The molecule has 1 fully saturated rings. The van der Waals surface area contributed by atoms with Crippen molar-refractivity contribution in [1.29, 1.82) is 0 Å². The maximum Gasteiger partial charge on any atom is 0.308 e. The van der Waals surface area contributed by atoms with Crippen LogP contribution in [0.25, 0.3) is 0 Å². The van der Waals surface area contributed by atoms with Gasteiger partial charge in [0.2, 0.25) is 0 Å². The molecule has 0 aromatic heterocycles. The minimum atomic E-state index is -0.368. The number of hydrogen-bond acceptors (Lipinski definition) is 6. The van der Waals surface area contributed by atoms with Gasteiger partial charge in [0.25, 0.3) is 0 Å². The van der Waals surface area contributed by atoms with E-state index in [1.165, 1.54) is 256 Å². The van der Waals surface area contributed by atoms with Crippen LogP contribution in [0.3, 0.4) is 0 Å². The SMILES string of the molecule is CC(=O)Oc1cc2c(N3CCCCCCCCCCCCC(=O)CCCCCCCCCCCC3)c(c1OC(C)=O)CCCCCCCCCCCCCCCCCCCCCCCCC2. The summed E-state index contributed by atoms with van der Waals surface area (Å²) in [5.74, 6) is 0.680. The van der Waals surface area contributed by atoms with Crippen LogP contribution in [0, 0.1) is 0 Å². The van der Waals surface area contributed by atoms with E-state index in [4.69, 9.17) is 9.47 Å². The Balaban J connectivity index is 1.85. The topological polar surface area (TPSA) is 72.9 Å². The van der Waals surface area contributed by atoms with E-state index < -0.39 is 0 Å². The van der Waals surface area contributed by atoms with Crippen LogP contribution in [-0.4, -0.2) is 30.8 Å². The van der Waals surface area contributed by atoms with Crippen molar-refractivity contribution in [3.8, 4) is 11.5 Å². The number of aryl methyl sites for hydroxylation is 1. The number of benzene rings is 1. The molecular formula is C60H105NO5. The lowest BCUT2D eigenvalue weighted by Gasteiger charge is -2.32. The van der Waals surface area contributed by atoms with Gasteiger partial charge in [0, 0.05) is 51.0 Å². The largest absolute Gasteiger partial charge is 0.423 e. The van der Waals surface area contributed by atoms with E-state index in [1.807, 2.05) is 0 Å². The summed E-state index contributed by atoms with van der Waals surface area (Å²) in [5.41, 5.74) is 3.65. The highest BCUT2D eigenvalue weighted by Crippen LogP contribution is 2.44. The molecule has 1 saturated heterocycles. The molecule has 0 amide bonds. The highest BCUT2D eigenvalue weighted by atomic mass is 16.6. The molecule has 380 valence electrons. The third kappa shape index (κ3) is 29.5. The highest BCUT2D eigenvalue weighted by molar-refractivity contribution is 5.79. The summed E-state index contributed by atoms with van der Waals surface area (Å²) in [6.07, 6.45) is 58.7. The smallest absolute Gasteiger partial charge is 0.308 e. The summed E-state index contributed by atoms with van der Waals surface area (Å²) in [7, 11) is 0. The molecule has 3 rings (SSSR count). The van der Waals surface area contributed by atoms with Gasteiger partial charge in [0.05, 0.1) is 0 Å². The molecule has 1 aliphatic carbocycles. The van der Waals surface area contributed by atoms with Gasteiger partial charge in [-0.1, -0.05) is 238 Å². The second-order valence-electron chi connectivity index (χ2n) is 21.1. The number of ketones is 1. The molecule has 2 aliphatic rings. The molecule has 66 heavy (non-hydrogen) atoms. The molecule has 0 spiro atoms. The Hall–Kier alpha value is -2.37. The average molecular weight is 921 g/mol. The molecule has 0 atom stereocenters. The van der Waals surface area contributed by atoms with Gasteiger partial charge in [0.15, 0.2) is 11.5 Å². The normalized spacial score (nSPS) is 21.4. The summed E-state index contributed by atoms with van der Waals surface area (Å²) < 4.78 is 12.1. The molecule has 1 aromatic rings. The number of carbonyl (C=O) groups excluding carboxylic acids is 3. The van der Waals surface area contributed by atoms with Gasteiger partial charge in [-0.2, -0.15) is 0 Å². The number of nitrogens with zero attached hydrogens (tertiary/aromatic N) is 1. The Morgan fingerprint density at radius 1 is 0.364 bits per heavy atom. The number of esters is 2. The minimum Gasteiger partial charge on any atom is -0.423 e. The van der Waals surface area contributed by atoms with Gasteiger partial charge < -0.3 is 14.4 Å². The van der Waals surface area contributed by atoms with Gasteiger partial charge in [-0.25, -0.2) is 0 Å². The first-order chi connectivity index (χ1) is 32.5. The van der Waals surface area contributed by atoms with Crippen LogP contribution >= 0.6 is 0 Å². The van der Waals surface area contributed by atoms with Gasteiger partial charge in [-0.05, 0) is 63.0 Å². The molecule has 1 heterocycles. The first-order valence-electron chi connectivity index (χ1n) is 29.3. The van der Waals surface area contributed by atoms with Crippen LogP contribution in [0.2, 0.25) is 0 Å². The van der Waals surface area contributed by atoms with Crippen molar-refractivity contribution in [2.45, 2.75) is 316 Å². The molecule has 0 radical (unpaired) electrons. The van der Waals surface area contributed by atoms with E-state index >= 15 is 0 Å². The Bertz CT molecular complexity index is 1340. The van der Waals surface area contributed by atoms with Crippen LogP contribution in [-0.2, 0) is 27.2 Å². The van der Waals surface area contributed by atoms with E-state index in [-0.39, 0.29) is 11.9 Å². The quantitative estimate of drug-likeness (QED) is 0.222. The van der Waals surface area contributed by atoms with Crippen molar-refractivity contribution >= 4 is 23.4 Å². The Morgan fingerprint density at radius 3 is 0.955 bits per heavy atom. The number of anilines is 1. The summed E-state index contributed by atoms with van der Waals surface area (Å²) >= 11 is 0. The molecule has 6 heteroatoms. The molecule has 0 unspecified atom stereocenters. The number of ether oxygens (including phenoxy) is 2. The second kappa shape index (κ2) is 40.5. The van der Waals surface area contributed by atoms with Crippen LogP contribution in [0.15, 0.2) is 6.07 Å². The first-order valence-corrected chi connectivity index (χ1v) is 29.3. The molecule has 0 N–H and O–H groups in total. The van der Waals surface area contributed by atoms with Crippen LogP contribution in [0.1, 0.15) is 314 Å². The first kappa shape index (κ1) is 57.9. The number of hydrogen-bond donors (Lipinski definition) is 0. The van der Waals surface area contributed by atoms with E-state index in [9.17, 15) is 14.4 Å². The maximum absolute atomic E-state index is 12.9. The molecule has 2 bridgehead atoms. The van der Waals surface area contributed by atoms with Crippen molar-refractivity contribution < 1.29 is 23.9 Å². The zero-order valence-corrected chi connectivity index (χ0v) is 43.7. The van der Waals surface area contributed by atoms with E-state index in [2.05, 4.69) is 11.0 Å². The number of rotatable bonds is 3. The Kier molecular flexibility index (Phi) is 35.6. The van der Waals surface area contributed by atoms with Crippen molar-refractivity contribution in [3.63, 3.8) is 0 Å². The van der Waals surface area contributed by atoms with Gasteiger partial charge >= 0.3 is 11.9 Å². The van der Waals surface area contributed by atoms with E-state index in [1.54, 1.807) is 0 Å². The van der Waals surface area contributed by atoms with Crippen LogP contribution in [0.5, 0.6) is 11.5 Å². The van der Waals surface area contributed by atoms with Crippen molar-refractivity contribution in [1.82, 2.24) is 0 Å². The van der Waals surface area contributed by atoms with Gasteiger partial charge in [0.1, 0.15) is 5.78 Å². The third-order valence-corrected chi connectivity index (χ3v) is 14.8. The minimum absolute atomic E-state index is 0.356.